The van der Waals surface area contributed by atoms with Gasteiger partial charge in [0.2, 0.25) is 5.89 Å². The van der Waals surface area contributed by atoms with Crippen LogP contribution in [0.25, 0.3) is 0 Å². The van der Waals surface area contributed by atoms with Crippen LogP contribution in [-0.4, -0.2) is 36.6 Å². The van der Waals surface area contributed by atoms with Gasteiger partial charge in [-0.2, -0.15) is 4.98 Å². The second-order valence-corrected chi connectivity index (χ2v) is 7.68. The van der Waals surface area contributed by atoms with E-state index in [0.29, 0.717) is 18.1 Å². The molecule has 0 saturated carbocycles. The molecule has 0 aliphatic carbocycles. The Labute approximate surface area is 112 Å². The SMILES string of the molecule is O=S1(=O)CCC(c2noc(C3CCCCCN3)n2)C1. The molecule has 0 spiro atoms. The molecule has 2 aliphatic rings. The Bertz CT molecular complexity index is 532. The fraction of sp³-hybridized carbons (Fsp3) is 0.833. The molecule has 2 unspecified atom stereocenters. The molecule has 0 amide bonds. The quantitative estimate of drug-likeness (QED) is 0.878. The maximum absolute atomic E-state index is 11.5. The van der Waals surface area contributed by atoms with Gasteiger partial charge in [-0.25, -0.2) is 8.42 Å². The Hall–Kier alpha value is -0.950. The molecule has 3 rings (SSSR count). The Morgan fingerprint density at radius 1 is 1.21 bits per heavy atom. The molecule has 7 heteroatoms. The number of hydrogen-bond donors (Lipinski definition) is 1. The summed E-state index contributed by atoms with van der Waals surface area (Å²) in [5, 5.41) is 7.38. The van der Waals surface area contributed by atoms with Crippen molar-refractivity contribution in [1.82, 2.24) is 15.5 Å². The van der Waals surface area contributed by atoms with Gasteiger partial charge in [-0.15, -0.1) is 0 Å². The number of nitrogens with zero attached hydrogens (tertiary/aromatic N) is 2. The van der Waals surface area contributed by atoms with E-state index in [-0.39, 0.29) is 23.5 Å². The van der Waals surface area contributed by atoms with E-state index in [1.54, 1.807) is 0 Å². The highest BCUT2D eigenvalue weighted by Crippen LogP contribution is 2.28. The molecule has 106 valence electrons. The molecule has 1 N–H and O–H groups in total. The highest BCUT2D eigenvalue weighted by molar-refractivity contribution is 7.91. The molecule has 2 aliphatic heterocycles. The van der Waals surface area contributed by atoms with E-state index in [0.717, 1.165) is 19.4 Å². The van der Waals surface area contributed by atoms with Crippen LogP contribution in [0.4, 0.5) is 0 Å². The number of aromatic nitrogens is 2. The zero-order valence-electron chi connectivity index (χ0n) is 10.8. The summed E-state index contributed by atoms with van der Waals surface area (Å²) in [7, 11) is -2.90. The van der Waals surface area contributed by atoms with Gasteiger partial charge >= 0.3 is 0 Å². The first-order valence-electron chi connectivity index (χ1n) is 6.91. The molecule has 0 radical (unpaired) electrons. The number of hydrogen-bond acceptors (Lipinski definition) is 6. The Morgan fingerprint density at radius 2 is 2.11 bits per heavy atom. The maximum atomic E-state index is 11.5. The summed E-state index contributed by atoms with van der Waals surface area (Å²) in [6.45, 7) is 0.972. The van der Waals surface area contributed by atoms with Gasteiger partial charge in [0.1, 0.15) is 0 Å². The van der Waals surface area contributed by atoms with Crippen molar-refractivity contribution >= 4 is 9.84 Å². The molecule has 6 nitrogen and oxygen atoms in total. The van der Waals surface area contributed by atoms with Gasteiger partial charge in [-0.3, -0.25) is 0 Å². The van der Waals surface area contributed by atoms with E-state index in [1.807, 2.05) is 0 Å². The summed E-state index contributed by atoms with van der Waals surface area (Å²) in [5.41, 5.74) is 0. The van der Waals surface area contributed by atoms with Crippen LogP contribution in [0.2, 0.25) is 0 Å². The monoisotopic (exact) mass is 285 g/mol. The van der Waals surface area contributed by atoms with Crippen LogP contribution in [0.15, 0.2) is 4.52 Å². The van der Waals surface area contributed by atoms with E-state index in [4.69, 9.17) is 4.52 Å². The third-order valence-corrected chi connectivity index (χ3v) is 5.68. The number of nitrogens with one attached hydrogen (secondary N) is 1. The van der Waals surface area contributed by atoms with Gasteiger partial charge < -0.3 is 9.84 Å². The van der Waals surface area contributed by atoms with Gasteiger partial charge in [0.15, 0.2) is 15.7 Å². The van der Waals surface area contributed by atoms with Crippen molar-refractivity contribution in [3.63, 3.8) is 0 Å². The Kier molecular flexibility index (Phi) is 3.58. The lowest BCUT2D eigenvalue weighted by Gasteiger charge is -2.09. The van der Waals surface area contributed by atoms with Gasteiger partial charge in [0, 0.05) is 5.92 Å². The zero-order valence-corrected chi connectivity index (χ0v) is 11.7. The lowest BCUT2D eigenvalue weighted by molar-refractivity contribution is 0.323. The molecule has 1 aromatic heterocycles. The summed E-state index contributed by atoms with van der Waals surface area (Å²) in [5.74, 6) is 1.48. The smallest absolute Gasteiger partial charge is 0.243 e. The normalized spacial score (nSPS) is 31.2. The Morgan fingerprint density at radius 3 is 2.89 bits per heavy atom. The van der Waals surface area contributed by atoms with E-state index in [2.05, 4.69) is 15.5 Å². The van der Waals surface area contributed by atoms with E-state index >= 15 is 0 Å². The molecule has 3 heterocycles. The molecule has 2 atom stereocenters. The van der Waals surface area contributed by atoms with Crippen LogP contribution >= 0.6 is 0 Å². The Balaban J connectivity index is 1.72. The fourth-order valence-electron chi connectivity index (χ4n) is 2.79. The molecule has 0 bridgehead atoms. The first-order chi connectivity index (χ1) is 9.14. The van der Waals surface area contributed by atoms with Gasteiger partial charge in [-0.05, 0) is 25.8 Å². The number of sulfone groups is 1. The molecule has 0 aromatic carbocycles. The lowest BCUT2D eigenvalue weighted by Crippen LogP contribution is -2.20. The van der Waals surface area contributed by atoms with Gasteiger partial charge in [0.25, 0.3) is 0 Å². The zero-order chi connectivity index (χ0) is 13.3. The summed E-state index contributed by atoms with van der Waals surface area (Å²) in [4.78, 5) is 4.42. The summed E-state index contributed by atoms with van der Waals surface area (Å²) < 4.78 is 28.3. The van der Waals surface area contributed by atoms with Crippen LogP contribution in [0.3, 0.4) is 0 Å². The van der Waals surface area contributed by atoms with Crippen molar-refractivity contribution in [2.24, 2.45) is 0 Å². The summed E-state index contributed by atoms with van der Waals surface area (Å²) in [6, 6.07) is 0.127. The van der Waals surface area contributed by atoms with Crippen LogP contribution in [0.5, 0.6) is 0 Å². The standard InChI is InChI=1S/C12H19N3O3S/c16-19(17)7-5-9(8-19)11-14-12(18-15-11)10-4-2-1-3-6-13-10/h9-10,13H,1-8H2. The fourth-order valence-corrected chi connectivity index (χ4v) is 4.53. The predicted molar refractivity (Wildman–Crippen MR) is 69.5 cm³/mol. The molecule has 1 aromatic rings. The number of rotatable bonds is 2. The molecular weight excluding hydrogens is 266 g/mol. The third-order valence-electron chi connectivity index (χ3n) is 3.91. The van der Waals surface area contributed by atoms with E-state index in [9.17, 15) is 8.42 Å². The molecule has 19 heavy (non-hydrogen) atoms. The van der Waals surface area contributed by atoms with Gasteiger partial charge in [-0.1, -0.05) is 18.0 Å². The van der Waals surface area contributed by atoms with Crippen LogP contribution in [0, 0.1) is 0 Å². The van der Waals surface area contributed by atoms with E-state index in [1.165, 1.54) is 12.8 Å². The van der Waals surface area contributed by atoms with Crippen LogP contribution in [-0.2, 0) is 9.84 Å². The van der Waals surface area contributed by atoms with Crippen LogP contribution < -0.4 is 5.32 Å². The van der Waals surface area contributed by atoms with Crippen molar-refractivity contribution in [2.75, 3.05) is 18.1 Å². The predicted octanol–water partition coefficient (Wildman–Crippen LogP) is 1.18. The molecule has 2 fully saturated rings. The topological polar surface area (TPSA) is 85.1 Å². The average molecular weight is 285 g/mol. The maximum Gasteiger partial charge on any atom is 0.243 e. The highest BCUT2D eigenvalue weighted by atomic mass is 32.2. The second kappa shape index (κ2) is 5.20. The van der Waals surface area contributed by atoms with Crippen molar-refractivity contribution in [1.29, 1.82) is 0 Å². The lowest BCUT2D eigenvalue weighted by atomic mass is 10.1. The first kappa shape index (κ1) is 13.1. The van der Waals surface area contributed by atoms with Crippen molar-refractivity contribution in [3.05, 3.63) is 11.7 Å². The first-order valence-corrected chi connectivity index (χ1v) is 8.73. The summed E-state index contributed by atoms with van der Waals surface area (Å²) >= 11 is 0. The van der Waals surface area contributed by atoms with Crippen molar-refractivity contribution < 1.29 is 12.9 Å². The minimum absolute atomic E-state index is 0.0896. The van der Waals surface area contributed by atoms with Crippen molar-refractivity contribution in [3.8, 4) is 0 Å². The molecular formula is C12H19N3O3S. The molecule has 2 saturated heterocycles. The minimum Gasteiger partial charge on any atom is -0.338 e. The second-order valence-electron chi connectivity index (χ2n) is 5.45. The third kappa shape index (κ3) is 2.97. The van der Waals surface area contributed by atoms with E-state index < -0.39 is 9.84 Å². The minimum atomic E-state index is -2.90. The average Bonchev–Trinajstić information content (AvgIpc) is 2.88. The summed E-state index contributed by atoms with van der Waals surface area (Å²) in [6.07, 6.45) is 5.18. The van der Waals surface area contributed by atoms with Crippen LogP contribution in [0.1, 0.15) is 55.8 Å². The highest BCUT2D eigenvalue weighted by Gasteiger charge is 2.33. The van der Waals surface area contributed by atoms with Gasteiger partial charge in [0.05, 0.1) is 17.5 Å². The largest absolute Gasteiger partial charge is 0.338 e. The van der Waals surface area contributed by atoms with Crippen molar-refractivity contribution in [2.45, 2.75) is 44.1 Å².